The fraction of sp³-hybridized carbons (Fsp3) is 0.778. The second-order valence-corrected chi connectivity index (χ2v) is 3.74. The lowest BCUT2D eigenvalue weighted by Gasteiger charge is -2.13. The van der Waals surface area contributed by atoms with Gasteiger partial charge in [0.2, 0.25) is 0 Å². The van der Waals surface area contributed by atoms with Crippen molar-refractivity contribution in [3.05, 3.63) is 5.82 Å². The van der Waals surface area contributed by atoms with Gasteiger partial charge in [-0.3, -0.25) is 4.79 Å². The Bertz CT molecular complexity index is 337. The van der Waals surface area contributed by atoms with Gasteiger partial charge < -0.3 is 5.11 Å². The van der Waals surface area contributed by atoms with Gasteiger partial charge in [0.05, 0.1) is 12.5 Å². The SMILES string of the molecule is CCC(C)c1nnnn1C(C)CC(=O)O. The van der Waals surface area contributed by atoms with Crippen molar-refractivity contribution in [3.8, 4) is 0 Å². The Morgan fingerprint density at radius 1 is 1.53 bits per heavy atom. The van der Waals surface area contributed by atoms with Gasteiger partial charge in [-0.05, 0) is 23.8 Å². The number of carboxylic acid groups (broad SMARTS) is 1. The second kappa shape index (κ2) is 4.86. The first kappa shape index (κ1) is 11.6. The van der Waals surface area contributed by atoms with E-state index in [0.717, 1.165) is 12.2 Å². The van der Waals surface area contributed by atoms with Crippen molar-refractivity contribution in [3.63, 3.8) is 0 Å². The van der Waals surface area contributed by atoms with E-state index in [1.807, 2.05) is 13.8 Å². The smallest absolute Gasteiger partial charge is 0.305 e. The van der Waals surface area contributed by atoms with Crippen molar-refractivity contribution in [2.75, 3.05) is 0 Å². The largest absolute Gasteiger partial charge is 0.481 e. The summed E-state index contributed by atoms with van der Waals surface area (Å²) in [5.74, 6) is 0.163. The summed E-state index contributed by atoms with van der Waals surface area (Å²) in [5, 5.41) is 20.0. The van der Waals surface area contributed by atoms with Crippen LogP contribution in [0.2, 0.25) is 0 Å². The van der Waals surface area contributed by atoms with Gasteiger partial charge >= 0.3 is 5.97 Å². The van der Waals surface area contributed by atoms with Crippen molar-refractivity contribution < 1.29 is 9.90 Å². The molecular weight excluding hydrogens is 196 g/mol. The van der Waals surface area contributed by atoms with Crippen molar-refractivity contribution in [1.82, 2.24) is 20.2 Å². The summed E-state index contributed by atoms with van der Waals surface area (Å²) in [6.07, 6.45) is 0.967. The quantitative estimate of drug-likeness (QED) is 0.793. The van der Waals surface area contributed by atoms with Gasteiger partial charge in [-0.2, -0.15) is 0 Å². The molecule has 0 aliphatic heterocycles. The fourth-order valence-corrected chi connectivity index (χ4v) is 1.36. The Kier molecular flexibility index (Phi) is 3.76. The Balaban J connectivity index is 2.84. The van der Waals surface area contributed by atoms with Gasteiger partial charge in [0.25, 0.3) is 0 Å². The molecule has 0 fully saturated rings. The highest BCUT2D eigenvalue weighted by atomic mass is 16.4. The molecule has 0 saturated heterocycles. The standard InChI is InChI=1S/C9H16N4O2/c1-4-6(2)9-10-11-12-13(9)7(3)5-8(14)15/h6-7H,4-5H2,1-3H3,(H,14,15). The minimum absolute atomic E-state index is 0.0362. The van der Waals surface area contributed by atoms with Crippen LogP contribution in [0.15, 0.2) is 0 Å². The molecule has 2 atom stereocenters. The zero-order valence-corrected chi connectivity index (χ0v) is 9.21. The van der Waals surface area contributed by atoms with Gasteiger partial charge in [0, 0.05) is 5.92 Å². The van der Waals surface area contributed by atoms with Crippen LogP contribution < -0.4 is 0 Å². The van der Waals surface area contributed by atoms with Crippen LogP contribution in [0.4, 0.5) is 0 Å². The van der Waals surface area contributed by atoms with Crippen LogP contribution in [0.5, 0.6) is 0 Å². The third-order valence-corrected chi connectivity index (χ3v) is 2.46. The molecule has 0 aromatic carbocycles. The molecule has 0 spiro atoms. The third-order valence-electron chi connectivity index (χ3n) is 2.46. The summed E-state index contributed by atoms with van der Waals surface area (Å²) in [5.41, 5.74) is 0. The molecule has 1 aromatic heterocycles. The number of nitrogens with zero attached hydrogens (tertiary/aromatic N) is 4. The van der Waals surface area contributed by atoms with Crippen LogP contribution in [0.25, 0.3) is 0 Å². The lowest BCUT2D eigenvalue weighted by molar-refractivity contribution is -0.137. The molecule has 15 heavy (non-hydrogen) atoms. The predicted molar refractivity (Wildman–Crippen MR) is 53.5 cm³/mol. The van der Waals surface area contributed by atoms with Gasteiger partial charge in [-0.1, -0.05) is 13.8 Å². The molecule has 0 aliphatic carbocycles. The summed E-state index contributed by atoms with van der Waals surface area (Å²) in [6, 6.07) is -0.207. The molecule has 0 saturated carbocycles. The zero-order valence-electron chi connectivity index (χ0n) is 9.21. The molecule has 1 N–H and O–H groups in total. The molecule has 1 rings (SSSR count). The molecule has 1 aromatic rings. The number of tetrazole rings is 1. The van der Waals surface area contributed by atoms with Gasteiger partial charge in [-0.15, -0.1) is 5.10 Å². The molecule has 0 aliphatic rings. The molecule has 2 unspecified atom stereocenters. The number of rotatable bonds is 5. The molecule has 1 heterocycles. The maximum absolute atomic E-state index is 10.6. The van der Waals surface area contributed by atoms with Crippen LogP contribution >= 0.6 is 0 Å². The van der Waals surface area contributed by atoms with Crippen LogP contribution in [-0.4, -0.2) is 31.3 Å². The van der Waals surface area contributed by atoms with Crippen LogP contribution in [0, 0.1) is 0 Å². The van der Waals surface area contributed by atoms with E-state index < -0.39 is 5.97 Å². The summed E-state index contributed by atoms with van der Waals surface area (Å²) in [6.45, 7) is 5.87. The number of aliphatic carboxylic acids is 1. The van der Waals surface area contributed by atoms with E-state index in [9.17, 15) is 4.79 Å². The minimum atomic E-state index is -0.840. The Morgan fingerprint density at radius 2 is 2.20 bits per heavy atom. The molecule has 0 bridgehead atoms. The summed E-state index contributed by atoms with van der Waals surface area (Å²) in [7, 11) is 0. The summed E-state index contributed by atoms with van der Waals surface area (Å²) >= 11 is 0. The van der Waals surface area contributed by atoms with E-state index in [4.69, 9.17) is 5.11 Å². The van der Waals surface area contributed by atoms with Gasteiger partial charge in [0.15, 0.2) is 5.82 Å². The monoisotopic (exact) mass is 212 g/mol. The Hall–Kier alpha value is -1.46. The number of hydrogen-bond acceptors (Lipinski definition) is 4. The first-order valence-electron chi connectivity index (χ1n) is 5.05. The summed E-state index contributed by atoms with van der Waals surface area (Å²) < 4.78 is 1.60. The lowest BCUT2D eigenvalue weighted by atomic mass is 10.1. The van der Waals surface area contributed by atoms with Crippen molar-refractivity contribution in [2.45, 2.75) is 45.6 Å². The molecular formula is C9H16N4O2. The van der Waals surface area contributed by atoms with Gasteiger partial charge in [0.1, 0.15) is 0 Å². The number of carbonyl (C=O) groups is 1. The minimum Gasteiger partial charge on any atom is -0.481 e. The third kappa shape index (κ3) is 2.74. The zero-order chi connectivity index (χ0) is 11.4. The van der Waals surface area contributed by atoms with Crippen molar-refractivity contribution in [2.24, 2.45) is 0 Å². The van der Waals surface area contributed by atoms with Crippen molar-refractivity contribution >= 4 is 5.97 Å². The van der Waals surface area contributed by atoms with Crippen molar-refractivity contribution in [1.29, 1.82) is 0 Å². The maximum Gasteiger partial charge on any atom is 0.305 e. The van der Waals surface area contributed by atoms with E-state index in [2.05, 4.69) is 15.5 Å². The maximum atomic E-state index is 10.6. The van der Waals surface area contributed by atoms with Crippen LogP contribution in [0.1, 0.15) is 51.4 Å². The first-order valence-corrected chi connectivity index (χ1v) is 5.05. The Labute approximate surface area is 88.3 Å². The van der Waals surface area contributed by atoms with E-state index in [1.165, 1.54) is 0 Å². The van der Waals surface area contributed by atoms with Gasteiger partial charge in [-0.25, -0.2) is 4.68 Å². The van der Waals surface area contributed by atoms with E-state index in [0.29, 0.717) is 0 Å². The summed E-state index contributed by atoms with van der Waals surface area (Å²) in [4.78, 5) is 10.6. The highest BCUT2D eigenvalue weighted by molar-refractivity contribution is 5.67. The molecule has 6 nitrogen and oxygen atoms in total. The lowest BCUT2D eigenvalue weighted by Crippen LogP contribution is -2.16. The average molecular weight is 212 g/mol. The van der Waals surface area contributed by atoms with E-state index >= 15 is 0 Å². The Morgan fingerprint density at radius 3 is 2.73 bits per heavy atom. The molecule has 0 amide bonds. The molecule has 0 radical (unpaired) electrons. The fourth-order valence-electron chi connectivity index (χ4n) is 1.36. The highest BCUT2D eigenvalue weighted by Gasteiger charge is 2.18. The van der Waals surface area contributed by atoms with E-state index in [1.54, 1.807) is 11.6 Å². The van der Waals surface area contributed by atoms with E-state index in [-0.39, 0.29) is 18.4 Å². The number of aromatic nitrogens is 4. The predicted octanol–water partition coefficient (Wildman–Crippen LogP) is 1.22. The van der Waals surface area contributed by atoms with Crippen LogP contribution in [0.3, 0.4) is 0 Å². The van der Waals surface area contributed by atoms with Crippen LogP contribution in [-0.2, 0) is 4.79 Å². The average Bonchev–Trinajstić information content (AvgIpc) is 2.63. The number of carboxylic acids is 1. The first-order chi connectivity index (χ1) is 7.06. The second-order valence-electron chi connectivity index (χ2n) is 3.74. The normalized spacial score (nSPS) is 14.9. The molecule has 84 valence electrons. The highest BCUT2D eigenvalue weighted by Crippen LogP contribution is 2.19. The molecule has 6 heteroatoms. The topological polar surface area (TPSA) is 80.9 Å². The number of hydrogen-bond donors (Lipinski definition) is 1.